The molecule has 0 spiro atoms. The zero-order valence-electron chi connectivity index (χ0n) is 18.0. The van der Waals surface area contributed by atoms with Gasteiger partial charge in [-0.25, -0.2) is 0 Å². The summed E-state index contributed by atoms with van der Waals surface area (Å²) >= 11 is 6.74. The second kappa shape index (κ2) is 11.0. The zero-order chi connectivity index (χ0) is 23.0. The van der Waals surface area contributed by atoms with Crippen LogP contribution in [0.25, 0.3) is 6.08 Å². The van der Waals surface area contributed by atoms with E-state index in [0.717, 1.165) is 29.0 Å². The third-order valence-electron chi connectivity index (χ3n) is 4.91. The zero-order valence-corrected chi connectivity index (χ0v) is 19.6. The molecular weight excluding hydrogens is 450 g/mol. The maximum Gasteiger partial charge on any atom is 0.270 e. The molecule has 3 aromatic rings. The molecule has 0 aromatic heterocycles. The first kappa shape index (κ1) is 22.8. The highest BCUT2D eigenvalue weighted by molar-refractivity contribution is 8.27. The van der Waals surface area contributed by atoms with Crippen LogP contribution in [0.5, 0.6) is 11.5 Å². The molecule has 3 aromatic carbocycles. The highest BCUT2D eigenvalue weighted by atomic mass is 32.2. The summed E-state index contributed by atoms with van der Waals surface area (Å²) in [7, 11) is 0. The Morgan fingerprint density at radius 3 is 2.52 bits per heavy atom. The predicted octanol–water partition coefficient (Wildman–Crippen LogP) is 6.28. The third kappa shape index (κ3) is 5.72. The number of anilines is 1. The summed E-state index contributed by atoms with van der Waals surface area (Å²) in [6, 6.07) is 25.0. The van der Waals surface area contributed by atoms with E-state index in [2.05, 4.69) is 6.58 Å². The average molecular weight is 474 g/mol. The number of hydrogen-bond acceptors (Lipinski definition) is 5. The average Bonchev–Trinajstić information content (AvgIpc) is 3.11. The highest BCUT2D eigenvalue weighted by Gasteiger charge is 2.33. The maximum absolute atomic E-state index is 12.9. The molecule has 0 radical (unpaired) electrons. The molecular formula is C27H23NO3S2. The largest absolute Gasteiger partial charge is 0.490 e. The smallest absolute Gasteiger partial charge is 0.270 e. The molecule has 166 valence electrons. The van der Waals surface area contributed by atoms with Crippen molar-refractivity contribution < 1.29 is 14.3 Å². The molecule has 0 unspecified atom stereocenters. The minimum absolute atomic E-state index is 0.117. The SMILES string of the molecule is C=CCc1ccccc1OCCOc1cccc(/C=C2\SC(=S)N(c3ccccc3)C2=O)c1. The van der Waals surface area contributed by atoms with Crippen LogP contribution in [-0.4, -0.2) is 23.4 Å². The molecule has 4 nitrogen and oxygen atoms in total. The molecule has 1 saturated heterocycles. The highest BCUT2D eigenvalue weighted by Crippen LogP contribution is 2.36. The van der Waals surface area contributed by atoms with Crippen molar-refractivity contribution in [2.45, 2.75) is 6.42 Å². The number of hydrogen-bond donors (Lipinski definition) is 0. The lowest BCUT2D eigenvalue weighted by atomic mass is 10.1. The number of rotatable bonds is 9. The Hall–Kier alpha value is -3.35. The van der Waals surface area contributed by atoms with Crippen LogP contribution in [0.2, 0.25) is 0 Å². The molecule has 1 heterocycles. The van der Waals surface area contributed by atoms with Gasteiger partial charge in [-0.05, 0) is 54.0 Å². The number of amides is 1. The quantitative estimate of drug-likeness (QED) is 0.158. The minimum Gasteiger partial charge on any atom is -0.490 e. The summed E-state index contributed by atoms with van der Waals surface area (Å²) in [5.41, 5.74) is 2.75. The van der Waals surface area contributed by atoms with Gasteiger partial charge in [-0.2, -0.15) is 0 Å². The van der Waals surface area contributed by atoms with Gasteiger partial charge in [0.2, 0.25) is 0 Å². The van der Waals surface area contributed by atoms with E-state index in [-0.39, 0.29) is 5.91 Å². The minimum atomic E-state index is -0.117. The first-order valence-electron chi connectivity index (χ1n) is 10.5. The topological polar surface area (TPSA) is 38.8 Å². The number of carbonyl (C=O) groups is 1. The van der Waals surface area contributed by atoms with Gasteiger partial charge >= 0.3 is 0 Å². The predicted molar refractivity (Wildman–Crippen MR) is 140 cm³/mol. The Morgan fingerprint density at radius 2 is 1.70 bits per heavy atom. The number of para-hydroxylation sites is 2. The van der Waals surface area contributed by atoms with Crippen LogP contribution < -0.4 is 14.4 Å². The molecule has 1 aliphatic rings. The molecule has 33 heavy (non-hydrogen) atoms. The summed E-state index contributed by atoms with van der Waals surface area (Å²) in [6.45, 7) is 4.62. The lowest BCUT2D eigenvalue weighted by Crippen LogP contribution is -2.27. The second-order valence-electron chi connectivity index (χ2n) is 7.22. The van der Waals surface area contributed by atoms with Gasteiger partial charge in [-0.3, -0.25) is 9.69 Å². The van der Waals surface area contributed by atoms with Crippen molar-refractivity contribution in [1.29, 1.82) is 0 Å². The van der Waals surface area contributed by atoms with Gasteiger partial charge < -0.3 is 9.47 Å². The molecule has 1 fully saturated rings. The van der Waals surface area contributed by atoms with Crippen LogP contribution in [0.1, 0.15) is 11.1 Å². The van der Waals surface area contributed by atoms with Gasteiger partial charge in [0.15, 0.2) is 4.32 Å². The van der Waals surface area contributed by atoms with Gasteiger partial charge in [0.25, 0.3) is 5.91 Å². The Morgan fingerprint density at radius 1 is 0.939 bits per heavy atom. The molecule has 0 N–H and O–H groups in total. The Labute approximate surface area is 203 Å². The maximum atomic E-state index is 12.9. The number of ether oxygens (including phenoxy) is 2. The molecule has 1 aliphatic heterocycles. The van der Waals surface area contributed by atoms with Crippen molar-refractivity contribution in [1.82, 2.24) is 0 Å². The summed E-state index contributed by atoms with van der Waals surface area (Å²) < 4.78 is 12.3. The van der Waals surface area contributed by atoms with Crippen LogP contribution in [-0.2, 0) is 11.2 Å². The van der Waals surface area contributed by atoms with E-state index < -0.39 is 0 Å². The number of allylic oxidation sites excluding steroid dienone is 1. The van der Waals surface area contributed by atoms with Crippen LogP contribution >= 0.6 is 24.0 Å². The van der Waals surface area contributed by atoms with Crippen molar-refractivity contribution in [3.05, 3.63) is 108 Å². The molecule has 1 amide bonds. The summed E-state index contributed by atoms with van der Waals surface area (Å²) in [5, 5.41) is 0. The molecule has 0 aliphatic carbocycles. The van der Waals surface area contributed by atoms with E-state index in [1.165, 1.54) is 11.8 Å². The molecule has 6 heteroatoms. The fourth-order valence-electron chi connectivity index (χ4n) is 3.39. The molecule has 4 rings (SSSR count). The van der Waals surface area contributed by atoms with Gasteiger partial charge in [-0.1, -0.05) is 78.6 Å². The van der Waals surface area contributed by atoms with E-state index in [1.807, 2.05) is 91.0 Å². The number of nitrogens with zero attached hydrogens (tertiary/aromatic N) is 1. The first-order chi connectivity index (χ1) is 16.2. The van der Waals surface area contributed by atoms with Gasteiger partial charge in [0.1, 0.15) is 24.7 Å². The van der Waals surface area contributed by atoms with E-state index >= 15 is 0 Å². The number of thioether (sulfide) groups is 1. The Bertz CT molecular complexity index is 1190. The monoisotopic (exact) mass is 473 g/mol. The van der Waals surface area contributed by atoms with Crippen molar-refractivity contribution in [3.63, 3.8) is 0 Å². The summed E-state index contributed by atoms with van der Waals surface area (Å²) in [4.78, 5) is 15.1. The van der Waals surface area contributed by atoms with E-state index in [1.54, 1.807) is 4.90 Å². The van der Waals surface area contributed by atoms with Crippen LogP contribution in [0.15, 0.2) is 96.4 Å². The normalized spacial score (nSPS) is 14.5. The molecule has 0 saturated carbocycles. The fraction of sp³-hybridized carbons (Fsp3) is 0.111. The lowest BCUT2D eigenvalue weighted by Gasteiger charge is -2.13. The summed E-state index contributed by atoms with van der Waals surface area (Å²) in [5.74, 6) is 1.44. The lowest BCUT2D eigenvalue weighted by molar-refractivity contribution is -0.113. The Balaban J connectivity index is 1.37. The van der Waals surface area contributed by atoms with Crippen LogP contribution in [0.3, 0.4) is 0 Å². The van der Waals surface area contributed by atoms with Crippen LogP contribution in [0, 0.1) is 0 Å². The van der Waals surface area contributed by atoms with Crippen molar-refractivity contribution in [2.75, 3.05) is 18.1 Å². The fourth-order valence-corrected chi connectivity index (χ4v) is 4.69. The molecule has 0 bridgehead atoms. The molecule has 0 atom stereocenters. The van der Waals surface area contributed by atoms with Crippen molar-refractivity contribution >= 4 is 46.0 Å². The standard InChI is InChI=1S/C27H23NO3S2/c1-2-9-21-11-6-7-15-24(21)31-17-16-30-23-14-8-10-20(18-23)19-25-26(29)28(27(32)33-25)22-12-4-3-5-13-22/h2-8,10-15,18-19H,1,9,16-17H2/b25-19-. The second-order valence-corrected chi connectivity index (χ2v) is 8.90. The summed E-state index contributed by atoms with van der Waals surface area (Å²) in [6.07, 6.45) is 4.46. The Kier molecular flexibility index (Phi) is 7.60. The van der Waals surface area contributed by atoms with Crippen molar-refractivity contribution in [3.8, 4) is 11.5 Å². The van der Waals surface area contributed by atoms with E-state index in [0.29, 0.717) is 28.2 Å². The van der Waals surface area contributed by atoms with E-state index in [4.69, 9.17) is 21.7 Å². The third-order valence-corrected chi connectivity index (χ3v) is 6.21. The van der Waals surface area contributed by atoms with Gasteiger partial charge in [0, 0.05) is 0 Å². The van der Waals surface area contributed by atoms with Crippen molar-refractivity contribution in [2.24, 2.45) is 0 Å². The van der Waals surface area contributed by atoms with Crippen LogP contribution in [0.4, 0.5) is 5.69 Å². The number of benzene rings is 3. The number of thiocarbonyl (C=S) groups is 1. The van der Waals surface area contributed by atoms with Gasteiger partial charge in [0.05, 0.1) is 10.6 Å². The van der Waals surface area contributed by atoms with E-state index in [9.17, 15) is 4.79 Å². The van der Waals surface area contributed by atoms with Gasteiger partial charge in [-0.15, -0.1) is 6.58 Å². The first-order valence-corrected chi connectivity index (χ1v) is 11.8. The number of carbonyl (C=O) groups excluding carboxylic acids is 1.